The average molecular weight is 352 g/mol. The van der Waals surface area contributed by atoms with Gasteiger partial charge in [0.2, 0.25) is 0 Å². The lowest BCUT2D eigenvalue weighted by molar-refractivity contribution is -0.115. The van der Waals surface area contributed by atoms with E-state index in [0.29, 0.717) is 6.04 Å². The molecule has 2 aliphatic heterocycles. The van der Waals surface area contributed by atoms with Crippen LogP contribution in [0.4, 0.5) is 0 Å². The lowest BCUT2D eigenvalue weighted by Crippen LogP contribution is -2.60. The highest BCUT2D eigenvalue weighted by molar-refractivity contribution is 5.94. The molecule has 1 amide bonds. The van der Waals surface area contributed by atoms with Crippen LogP contribution in [0.5, 0.6) is 0 Å². The summed E-state index contributed by atoms with van der Waals surface area (Å²) >= 11 is 0. The van der Waals surface area contributed by atoms with Crippen LogP contribution in [-0.4, -0.2) is 64.6 Å². The smallest absolute Gasteiger partial charge is 0.253 e. The van der Waals surface area contributed by atoms with Crippen molar-refractivity contribution in [2.45, 2.75) is 31.0 Å². The molecule has 2 fully saturated rings. The van der Waals surface area contributed by atoms with E-state index < -0.39 is 0 Å². The fourth-order valence-corrected chi connectivity index (χ4v) is 4.12. The van der Waals surface area contributed by atoms with Gasteiger partial charge in [-0.2, -0.15) is 0 Å². The highest BCUT2D eigenvalue weighted by Gasteiger charge is 2.44. The van der Waals surface area contributed by atoms with E-state index in [1.807, 2.05) is 17.3 Å². The summed E-state index contributed by atoms with van der Waals surface area (Å²) in [6, 6.07) is 8.49. The van der Waals surface area contributed by atoms with Crippen molar-refractivity contribution in [3.63, 3.8) is 0 Å². The summed E-state index contributed by atoms with van der Waals surface area (Å²) in [5.41, 5.74) is 1.98. The van der Waals surface area contributed by atoms with Crippen molar-refractivity contribution in [1.29, 1.82) is 0 Å². The molecule has 2 aliphatic rings. The number of nitrogens with zero attached hydrogens (tertiary/aromatic N) is 4. The Kier molecular flexibility index (Phi) is 4.95. The Morgan fingerprint density at radius 3 is 2.27 bits per heavy atom. The fourth-order valence-electron chi connectivity index (χ4n) is 4.12. The van der Waals surface area contributed by atoms with Gasteiger partial charge in [-0.15, -0.1) is 0 Å². The number of aromatic nitrogens is 2. The van der Waals surface area contributed by atoms with Crippen LogP contribution in [0.15, 0.2) is 49.1 Å². The molecule has 2 atom stereocenters. The lowest BCUT2D eigenvalue weighted by atomic mass is 9.87. The molecule has 0 radical (unpaired) electrons. The Morgan fingerprint density at radius 1 is 1.04 bits per heavy atom. The monoisotopic (exact) mass is 352 g/mol. The van der Waals surface area contributed by atoms with Gasteiger partial charge in [-0.1, -0.05) is 0 Å². The second-order valence-corrected chi connectivity index (χ2v) is 6.96. The Bertz CT molecular complexity index is 732. The van der Waals surface area contributed by atoms with Crippen molar-refractivity contribution >= 4 is 5.91 Å². The van der Waals surface area contributed by atoms with Crippen molar-refractivity contribution in [3.05, 3.63) is 60.2 Å². The minimum absolute atomic E-state index is 0.106. The minimum Gasteiger partial charge on any atom is -0.378 e. The molecule has 0 saturated carbocycles. The molecule has 0 N–H and O–H groups in total. The van der Waals surface area contributed by atoms with E-state index in [1.54, 1.807) is 31.6 Å². The zero-order valence-electron chi connectivity index (χ0n) is 15.0. The Balaban J connectivity index is 1.39. The molecule has 0 aliphatic carbocycles. The van der Waals surface area contributed by atoms with Gasteiger partial charge in [0.15, 0.2) is 0 Å². The number of methoxy groups -OCH3 is 1. The second-order valence-electron chi connectivity index (χ2n) is 6.96. The van der Waals surface area contributed by atoms with Gasteiger partial charge >= 0.3 is 0 Å². The maximum absolute atomic E-state index is 12.6. The predicted octanol–water partition coefficient (Wildman–Crippen LogP) is 2.15. The second kappa shape index (κ2) is 7.51. The third-order valence-corrected chi connectivity index (χ3v) is 5.60. The number of pyridine rings is 2. The third kappa shape index (κ3) is 3.22. The molecule has 2 unspecified atom stereocenters. The van der Waals surface area contributed by atoms with Crippen LogP contribution >= 0.6 is 0 Å². The van der Waals surface area contributed by atoms with Crippen LogP contribution in [-0.2, 0) is 4.74 Å². The Morgan fingerprint density at radius 2 is 1.65 bits per heavy atom. The highest BCUT2D eigenvalue weighted by atomic mass is 16.5. The normalized spacial score (nSPS) is 24.3. The summed E-state index contributed by atoms with van der Waals surface area (Å²) in [7, 11) is 1.78. The molecule has 2 aromatic rings. The molecule has 26 heavy (non-hydrogen) atoms. The number of hydrogen-bond donors (Lipinski definition) is 0. The van der Waals surface area contributed by atoms with Gasteiger partial charge in [0.25, 0.3) is 5.91 Å². The summed E-state index contributed by atoms with van der Waals surface area (Å²) in [6.07, 6.45) is 9.25. The zero-order valence-corrected chi connectivity index (χ0v) is 15.0. The lowest BCUT2D eigenvalue weighted by Gasteiger charge is -2.53. The van der Waals surface area contributed by atoms with Crippen molar-refractivity contribution in [3.8, 4) is 0 Å². The summed E-state index contributed by atoms with van der Waals surface area (Å²) in [6.45, 7) is 2.54. The van der Waals surface area contributed by atoms with Crippen molar-refractivity contribution in [2.75, 3.05) is 26.7 Å². The van der Waals surface area contributed by atoms with Gasteiger partial charge in [-0.05, 0) is 42.7 Å². The van der Waals surface area contributed by atoms with Crippen molar-refractivity contribution in [1.82, 2.24) is 19.8 Å². The number of carbonyl (C=O) groups excluding carboxylic acids is 1. The van der Waals surface area contributed by atoms with Gasteiger partial charge in [0.1, 0.15) is 0 Å². The zero-order chi connectivity index (χ0) is 17.9. The van der Waals surface area contributed by atoms with E-state index in [4.69, 9.17) is 4.74 Å². The molecule has 4 rings (SSSR count). The van der Waals surface area contributed by atoms with Gasteiger partial charge in [-0.3, -0.25) is 19.7 Å². The van der Waals surface area contributed by atoms with Gasteiger partial charge in [0.05, 0.1) is 12.1 Å². The van der Waals surface area contributed by atoms with Crippen LogP contribution in [0.2, 0.25) is 0 Å². The highest BCUT2D eigenvalue weighted by Crippen LogP contribution is 2.39. The molecule has 6 heteroatoms. The molecule has 6 nitrogen and oxygen atoms in total. The quantitative estimate of drug-likeness (QED) is 0.844. The third-order valence-electron chi connectivity index (χ3n) is 5.60. The molecular formula is C20H24N4O2. The SMILES string of the molecule is COC1CN(C2CCN(C(=O)c3ccncc3)CC2)C1c1ccncc1. The van der Waals surface area contributed by atoms with Crippen molar-refractivity contribution in [2.24, 2.45) is 0 Å². The first-order valence-corrected chi connectivity index (χ1v) is 9.15. The summed E-state index contributed by atoms with van der Waals surface area (Å²) < 4.78 is 5.66. The van der Waals surface area contributed by atoms with E-state index in [1.165, 1.54) is 5.56 Å². The maximum Gasteiger partial charge on any atom is 0.253 e. The van der Waals surface area contributed by atoms with E-state index in [0.717, 1.165) is 38.0 Å². The minimum atomic E-state index is 0.106. The van der Waals surface area contributed by atoms with E-state index in [9.17, 15) is 4.79 Å². The first-order valence-electron chi connectivity index (χ1n) is 9.15. The molecule has 2 saturated heterocycles. The van der Waals surface area contributed by atoms with Crippen LogP contribution in [0.1, 0.15) is 34.8 Å². The summed E-state index contributed by atoms with van der Waals surface area (Å²) in [4.78, 5) is 25.2. The number of likely N-dealkylation sites (tertiary alicyclic amines) is 2. The summed E-state index contributed by atoms with van der Waals surface area (Å²) in [5, 5.41) is 0. The van der Waals surface area contributed by atoms with E-state index in [-0.39, 0.29) is 18.1 Å². The number of amides is 1. The number of carbonyl (C=O) groups is 1. The molecule has 0 aromatic carbocycles. The molecule has 0 spiro atoms. The Hall–Kier alpha value is -2.31. The van der Waals surface area contributed by atoms with Crippen LogP contribution in [0, 0.1) is 0 Å². The first-order chi connectivity index (χ1) is 12.8. The van der Waals surface area contributed by atoms with Gasteiger partial charge < -0.3 is 9.64 Å². The molecule has 0 bridgehead atoms. The number of hydrogen-bond acceptors (Lipinski definition) is 5. The topological polar surface area (TPSA) is 58.6 Å². The standard InChI is InChI=1S/C20H24N4O2/c1-26-18-14-24(19(18)15-2-8-21-9-3-15)17-6-12-23(13-7-17)20(25)16-4-10-22-11-5-16/h2-5,8-11,17-19H,6-7,12-14H2,1H3. The first kappa shape index (κ1) is 17.1. The maximum atomic E-state index is 12.6. The number of ether oxygens (including phenoxy) is 1. The fraction of sp³-hybridized carbons (Fsp3) is 0.450. The summed E-state index contributed by atoms with van der Waals surface area (Å²) in [5.74, 6) is 0.106. The van der Waals surface area contributed by atoms with Crippen LogP contribution < -0.4 is 0 Å². The molecule has 4 heterocycles. The number of piperidine rings is 1. The van der Waals surface area contributed by atoms with Crippen LogP contribution in [0.25, 0.3) is 0 Å². The van der Waals surface area contributed by atoms with E-state index >= 15 is 0 Å². The van der Waals surface area contributed by atoms with Crippen LogP contribution in [0.3, 0.4) is 0 Å². The Labute approximate surface area is 153 Å². The number of rotatable bonds is 4. The largest absolute Gasteiger partial charge is 0.378 e. The average Bonchev–Trinajstić information content (AvgIpc) is 2.69. The molecule has 136 valence electrons. The van der Waals surface area contributed by atoms with Gasteiger partial charge in [-0.25, -0.2) is 0 Å². The van der Waals surface area contributed by atoms with Crippen molar-refractivity contribution < 1.29 is 9.53 Å². The van der Waals surface area contributed by atoms with E-state index in [2.05, 4.69) is 27.0 Å². The van der Waals surface area contributed by atoms with Gasteiger partial charge in [0, 0.05) is 63.1 Å². The molecular weight excluding hydrogens is 328 g/mol. The molecule has 2 aromatic heterocycles. The predicted molar refractivity (Wildman–Crippen MR) is 97.6 cm³/mol.